The van der Waals surface area contributed by atoms with Gasteiger partial charge in [0.15, 0.2) is 11.5 Å². The molecule has 0 unspecified atom stereocenters. The van der Waals surface area contributed by atoms with Crippen LogP contribution >= 0.6 is 24.0 Å². The molecule has 1 heterocycles. The molecule has 2 aromatic rings. The molecule has 1 saturated heterocycles. The minimum atomic E-state index is -0.554. The Kier molecular flexibility index (Phi) is 11.4. The van der Waals surface area contributed by atoms with Crippen LogP contribution in [0.2, 0.25) is 0 Å². The highest BCUT2D eigenvalue weighted by Crippen LogP contribution is 2.41. The van der Waals surface area contributed by atoms with Gasteiger partial charge < -0.3 is 44.1 Å². The van der Waals surface area contributed by atoms with Gasteiger partial charge in [-0.1, -0.05) is 30.0 Å². The van der Waals surface area contributed by atoms with Gasteiger partial charge in [0.2, 0.25) is 11.7 Å². The second-order valence-electron chi connectivity index (χ2n) is 10.4. The summed E-state index contributed by atoms with van der Waals surface area (Å²) in [7, 11) is 6.12. The van der Waals surface area contributed by atoms with E-state index >= 15 is 0 Å². The average Bonchev–Trinajstić information content (AvgIpc) is 2.96. The van der Waals surface area contributed by atoms with Gasteiger partial charge in [-0.25, -0.2) is 4.79 Å². The summed E-state index contributed by atoms with van der Waals surface area (Å²) in [5, 5.41) is 0. The first-order valence-electron chi connectivity index (χ1n) is 13.3. The van der Waals surface area contributed by atoms with Gasteiger partial charge in [0.25, 0.3) is 0 Å². The molecule has 1 aliphatic heterocycles. The summed E-state index contributed by atoms with van der Waals surface area (Å²) >= 11 is 6.95. The van der Waals surface area contributed by atoms with Crippen LogP contribution in [0.5, 0.6) is 23.0 Å². The monoisotopic (exact) mass is 620 g/mol. The SMILES string of the molecule is COc1ccc(CN(C(=O)CSC(=S)N2CCN(C(=O)OC(C)(C)C)CC2)c2cc(OC)c(OC)c(OC)c2)cc1N. The first kappa shape index (κ1) is 32.9. The molecule has 0 aliphatic carbocycles. The number of benzene rings is 2. The van der Waals surface area contributed by atoms with Crippen LogP contribution in [0.15, 0.2) is 30.3 Å². The Labute approximate surface area is 257 Å². The molecule has 1 fully saturated rings. The van der Waals surface area contributed by atoms with Gasteiger partial charge in [-0.05, 0) is 38.5 Å². The lowest BCUT2D eigenvalue weighted by atomic mass is 10.1. The van der Waals surface area contributed by atoms with Crippen molar-refractivity contribution in [2.45, 2.75) is 32.9 Å². The van der Waals surface area contributed by atoms with Crippen LogP contribution in [0.25, 0.3) is 0 Å². The van der Waals surface area contributed by atoms with Crippen LogP contribution in [0.3, 0.4) is 0 Å². The van der Waals surface area contributed by atoms with E-state index in [2.05, 4.69) is 0 Å². The number of ether oxygens (including phenoxy) is 5. The molecule has 3 rings (SSSR count). The third-order valence-electron chi connectivity index (χ3n) is 6.41. The number of thioether (sulfide) groups is 1. The molecule has 0 aromatic heterocycles. The van der Waals surface area contributed by atoms with Gasteiger partial charge >= 0.3 is 6.09 Å². The Hall–Kier alpha value is -3.58. The summed E-state index contributed by atoms with van der Waals surface area (Å²) in [6.07, 6.45) is -0.337. The number of nitrogens with two attached hydrogens (primary N) is 1. The van der Waals surface area contributed by atoms with Crippen molar-refractivity contribution in [3.05, 3.63) is 35.9 Å². The average molecular weight is 621 g/mol. The summed E-state index contributed by atoms with van der Waals surface area (Å²) in [6, 6.07) is 8.85. The van der Waals surface area contributed by atoms with Crippen molar-refractivity contribution in [3.8, 4) is 23.0 Å². The summed E-state index contributed by atoms with van der Waals surface area (Å²) in [5.41, 5.74) is 7.42. The molecule has 0 bridgehead atoms. The molecular formula is C29H40N4O7S2. The highest BCUT2D eigenvalue weighted by Gasteiger charge is 2.28. The van der Waals surface area contributed by atoms with Crippen LogP contribution in [0, 0.1) is 0 Å². The predicted octanol–water partition coefficient (Wildman–Crippen LogP) is 4.41. The highest BCUT2D eigenvalue weighted by atomic mass is 32.2. The third-order valence-corrected chi connectivity index (χ3v) is 7.91. The summed E-state index contributed by atoms with van der Waals surface area (Å²) < 4.78 is 27.9. The van der Waals surface area contributed by atoms with Crippen molar-refractivity contribution in [3.63, 3.8) is 0 Å². The van der Waals surface area contributed by atoms with Gasteiger partial charge in [0.05, 0.1) is 52.1 Å². The number of amides is 2. The van der Waals surface area contributed by atoms with E-state index in [-0.39, 0.29) is 24.3 Å². The molecule has 2 amide bonds. The minimum Gasteiger partial charge on any atom is -0.495 e. The zero-order valence-corrected chi connectivity index (χ0v) is 26.9. The number of thiocarbonyl (C=S) groups is 1. The lowest BCUT2D eigenvalue weighted by molar-refractivity contribution is -0.116. The Bertz CT molecular complexity index is 1250. The molecule has 0 atom stereocenters. The van der Waals surface area contributed by atoms with Crippen LogP contribution in [-0.2, 0) is 16.1 Å². The van der Waals surface area contributed by atoms with E-state index in [1.165, 1.54) is 33.1 Å². The largest absolute Gasteiger partial charge is 0.495 e. The fourth-order valence-electron chi connectivity index (χ4n) is 4.30. The van der Waals surface area contributed by atoms with Crippen molar-refractivity contribution in [2.75, 3.05) is 71.0 Å². The van der Waals surface area contributed by atoms with Crippen molar-refractivity contribution in [1.29, 1.82) is 0 Å². The van der Waals surface area contributed by atoms with Crippen LogP contribution in [0.1, 0.15) is 26.3 Å². The number of nitrogens with zero attached hydrogens (tertiary/aromatic N) is 3. The van der Waals surface area contributed by atoms with Crippen molar-refractivity contribution < 1.29 is 33.3 Å². The van der Waals surface area contributed by atoms with Crippen molar-refractivity contribution >= 4 is 51.7 Å². The van der Waals surface area contributed by atoms with Gasteiger partial charge in [-0.15, -0.1) is 0 Å². The molecule has 2 N–H and O–H groups in total. The molecule has 0 radical (unpaired) electrons. The van der Waals surface area contributed by atoms with Crippen LogP contribution < -0.4 is 29.6 Å². The molecule has 0 saturated carbocycles. The standard InChI is InChI=1S/C29H40N4O7S2/c1-29(2,3)40-27(35)31-10-12-32(13-11-31)28(41)42-18-25(34)33(17-19-8-9-22(36-4)21(30)14-19)20-15-23(37-5)26(39-7)24(16-20)38-6/h8-9,14-16H,10-13,17-18,30H2,1-7H3. The second kappa shape index (κ2) is 14.5. The molecule has 13 heteroatoms. The van der Waals surface area contributed by atoms with Crippen LogP contribution in [0.4, 0.5) is 16.2 Å². The maximum absolute atomic E-state index is 13.8. The number of piperazine rings is 1. The highest BCUT2D eigenvalue weighted by molar-refractivity contribution is 8.23. The number of rotatable bonds is 9. The smallest absolute Gasteiger partial charge is 0.410 e. The lowest BCUT2D eigenvalue weighted by Gasteiger charge is -2.36. The third kappa shape index (κ3) is 8.48. The number of hydrogen-bond acceptors (Lipinski definition) is 10. The molecule has 230 valence electrons. The first-order valence-corrected chi connectivity index (χ1v) is 14.7. The number of methoxy groups -OCH3 is 4. The fourth-order valence-corrected chi connectivity index (χ4v) is 5.43. The van der Waals surface area contributed by atoms with Gasteiger partial charge in [-0.2, -0.15) is 0 Å². The number of carbonyl (C=O) groups excluding carboxylic acids is 2. The van der Waals surface area contributed by atoms with Gasteiger partial charge in [0, 0.05) is 38.3 Å². The zero-order chi connectivity index (χ0) is 31.0. The van der Waals surface area contributed by atoms with E-state index in [1.807, 2.05) is 31.7 Å². The summed E-state index contributed by atoms with van der Waals surface area (Å²) in [6.45, 7) is 7.84. The molecule has 1 aliphatic rings. The molecule has 2 aromatic carbocycles. The van der Waals surface area contributed by atoms with E-state index in [1.54, 1.807) is 41.2 Å². The zero-order valence-electron chi connectivity index (χ0n) is 25.2. The summed E-state index contributed by atoms with van der Waals surface area (Å²) in [4.78, 5) is 31.5. The molecular weight excluding hydrogens is 580 g/mol. The van der Waals surface area contributed by atoms with E-state index in [4.69, 9.17) is 41.6 Å². The van der Waals surface area contributed by atoms with Gasteiger partial charge in [0.1, 0.15) is 15.7 Å². The Morgan fingerprint density at radius 3 is 1.98 bits per heavy atom. The molecule has 11 nitrogen and oxygen atoms in total. The fraction of sp³-hybridized carbons (Fsp3) is 0.483. The predicted molar refractivity (Wildman–Crippen MR) is 169 cm³/mol. The van der Waals surface area contributed by atoms with Crippen LogP contribution in [-0.4, -0.2) is 92.1 Å². The van der Waals surface area contributed by atoms with E-state index in [0.717, 1.165) is 5.56 Å². The van der Waals surface area contributed by atoms with Crippen molar-refractivity contribution in [1.82, 2.24) is 9.80 Å². The Morgan fingerprint density at radius 2 is 1.48 bits per heavy atom. The number of carbonyl (C=O) groups is 2. The molecule has 42 heavy (non-hydrogen) atoms. The first-order chi connectivity index (χ1) is 19.9. The lowest BCUT2D eigenvalue weighted by Crippen LogP contribution is -2.51. The van der Waals surface area contributed by atoms with Crippen molar-refractivity contribution in [2.24, 2.45) is 0 Å². The van der Waals surface area contributed by atoms with E-state index in [9.17, 15) is 9.59 Å². The maximum atomic E-state index is 13.8. The van der Waals surface area contributed by atoms with E-state index in [0.29, 0.717) is 64.9 Å². The Balaban J connectivity index is 1.76. The Morgan fingerprint density at radius 1 is 0.905 bits per heavy atom. The number of hydrogen-bond donors (Lipinski definition) is 1. The quantitative estimate of drug-likeness (QED) is 0.318. The van der Waals surface area contributed by atoms with Gasteiger partial charge in [-0.3, -0.25) is 4.79 Å². The number of anilines is 2. The maximum Gasteiger partial charge on any atom is 0.410 e. The number of nitrogen functional groups attached to an aromatic ring is 1. The van der Waals surface area contributed by atoms with E-state index < -0.39 is 5.60 Å². The topological polar surface area (TPSA) is 116 Å². The summed E-state index contributed by atoms with van der Waals surface area (Å²) in [5.74, 6) is 1.73. The molecule has 0 spiro atoms. The normalized spacial score (nSPS) is 13.3. The second-order valence-corrected chi connectivity index (χ2v) is 12.1. The minimum absolute atomic E-state index is 0.0907.